The number of hydrogen-bond acceptors (Lipinski definition) is 10. The number of pyridine rings is 1. The molecule has 11 heteroatoms. The number of hydrogen-bond donors (Lipinski definition) is 4. The molecular weight excluding hydrogens is 402 g/mol. The topological polar surface area (TPSA) is 142 Å². The number of ether oxygens (including phenoxy) is 1. The average Bonchev–Trinajstić information content (AvgIpc) is 3.51. The zero-order valence-electron chi connectivity index (χ0n) is 17.0. The first-order chi connectivity index (χ1) is 15.1. The summed E-state index contributed by atoms with van der Waals surface area (Å²) in [5.74, 6) is 1.38. The van der Waals surface area contributed by atoms with Crippen molar-refractivity contribution in [3.63, 3.8) is 0 Å². The lowest BCUT2D eigenvalue weighted by Crippen LogP contribution is -2.34. The third kappa shape index (κ3) is 3.44. The summed E-state index contributed by atoms with van der Waals surface area (Å²) in [5.41, 5.74) is 2.06. The van der Waals surface area contributed by atoms with Crippen molar-refractivity contribution in [2.24, 2.45) is 0 Å². The molecule has 0 aliphatic carbocycles. The number of fused-ring (bicyclic) bond motifs is 1. The molecule has 5 atom stereocenters. The average molecular weight is 427 g/mol. The molecule has 0 aromatic carbocycles. The van der Waals surface area contributed by atoms with Gasteiger partial charge in [-0.05, 0) is 31.5 Å². The molecule has 3 aromatic heterocycles. The Kier molecular flexibility index (Phi) is 5.28. The van der Waals surface area contributed by atoms with Crippen LogP contribution in [0.2, 0.25) is 0 Å². The number of aliphatic hydroxyl groups is 3. The number of rotatable bonds is 5. The second-order valence-corrected chi connectivity index (χ2v) is 7.96. The minimum atomic E-state index is -1.22. The summed E-state index contributed by atoms with van der Waals surface area (Å²) in [6, 6.07) is 4.12. The number of aryl methyl sites for hydroxylation is 1. The van der Waals surface area contributed by atoms with Gasteiger partial charge in [-0.3, -0.25) is 4.57 Å². The van der Waals surface area contributed by atoms with E-state index in [2.05, 4.69) is 30.2 Å². The van der Waals surface area contributed by atoms with Crippen molar-refractivity contribution < 1.29 is 20.1 Å². The van der Waals surface area contributed by atoms with Gasteiger partial charge in [0.05, 0.1) is 19.0 Å². The minimum Gasteiger partial charge on any atom is -0.394 e. The van der Waals surface area contributed by atoms with Crippen LogP contribution in [0.3, 0.4) is 0 Å². The van der Waals surface area contributed by atoms with Crippen LogP contribution in [0.5, 0.6) is 0 Å². The van der Waals surface area contributed by atoms with E-state index < -0.39 is 31.1 Å². The lowest BCUT2D eigenvalue weighted by atomic mass is 10.1. The molecule has 0 bridgehead atoms. The lowest BCUT2D eigenvalue weighted by molar-refractivity contribution is -0.0511. The van der Waals surface area contributed by atoms with E-state index in [9.17, 15) is 15.3 Å². The van der Waals surface area contributed by atoms with E-state index in [1.54, 1.807) is 4.57 Å². The summed E-state index contributed by atoms with van der Waals surface area (Å²) in [5, 5.41) is 33.4. The van der Waals surface area contributed by atoms with E-state index in [4.69, 9.17) is 4.74 Å². The molecule has 3 aromatic rings. The monoisotopic (exact) mass is 427 g/mol. The van der Waals surface area contributed by atoms with Crippen LogP contribution in [0, 0.1) is 6.92 Å². The standard InChI is InChI=1S/C20H25N7O4/c1-11-2-3-14(22-6-11)27(12-4-5-21-7-12)19-15-18(23-9-24-19)26(10-25-15)20-17(30)16(29)13(8-28)31-20/h2-3,6,9-10,12-13,16-17,20-21,28-30H,4-5,7-8H2,1H3/t12-,13+,16-,17-,20+/m0/s1. The molecule has 2 aliphatic rings. The summed E-state index contributed by atoms with van der Waals surface area (Å²) in [6.07, 6.45) is 1.48. The number of aromatic nitrogens is 5. The van der Waals surface area contributed by atoms with Gasteiger partial charge in [-0.2, -0.15) is 0 Å². The van der Waals surface area contributed by atoms with E-state index in [0.717, 1.165) is 30.9 Å². The maximum absolute atomic E-state index is 10.4. The van der Waals surface area contributed by atoms with Crippen molar-refractivity contribution in [2.75, 3.05) is 24.6 Å². The molecule has 0 amide bonds. The lowest BCUT2D eigenvalue weighted by Gasteiger charge is -2.28. The third-order valence-corrected chi connectivity index (χ3v) is 5.90. The van der Waals surface area contributed by atoms with Crippen LogP contribution < -0.4 is 10.2 Å². The SMILES string of the molecule is Cc1ccc(N(c2ncnc3c2ncn3[C@@H]2O[C@H](CO)[C@H](O)[C@@H]2O)[C@H]2CCNC2)nc1. The van der Waals surface area contributed by atoms with Gasteiger partial charge in [0.15, 0.2) is 23.2 Å². The predicted molar refractivity (Wildman–Crippen MR) is 111 cm³/mol. The molecule has 5 heterocycles. The van der Waals surface area contributed by atoms with Crippen LogP contribution >= 0.6 is 0 Å². The highest BCUT2D eigenvalue weighted by molar-refractivity contribution is 5.86. The molecule has 11 nitrogen and oxygen atoms in total. The molecule has 0 unspecified atom stereocenters. The van der Waals surface area contributed by atoms with Gasteiger partial charge < -0.3 is 30.3 Å². The van der Waals surface area contributed by atoms with Gasteiger partial charge in [0.2, 0.25) is 0 Å². The summed E-state index contributed by atoms with van der Waals surface area (Å²) < 4.78 is 7.23. The van der Waals surface area contributed by atoms with Gasteiger partial charge >= 0.3 is 0 Å². The van der Waals surface area contributed by atoms with Crippen molar-refractivity contribution in [3.8, 4) is 0 Å². The molecule has 4 N–H and O–H groups in total. The van der Waals surface area contributed by atoms with Crippen LogP contribution in [0.1, 0.15) is 18.2 Å². The molecule has 5 rings (SSSR count). The van der Waals surface area contributed by atoms with Gasteiger partial charge in [0.1, 0.15) is 30.5 Å². The van der Waals surface area contributed by atoms with Gasteiger partial charge in [-0.25, -0.2) is 19.9 Å². The first kappa shape index (κ1) is 20.2. The zero-order chi connectivity index (χ0) is 21.5. The van der Waals surface area contributed by atoms with Gasteiger partial charge in [-0.1, -0.05) is 6.07 Å². The highest BCUT2D eigenvalue weighted by atomic mass is 16.6. The molecule has 0 spiro atoms. The fourth-order valence-electron chi connectivity index (χ4n) is 4.24. The van der Waals surface area contributed by atoms with Gasteiger partial charge in [-0.15, -0.1) is 0 Å². The fourth-order valence-corrected chi connectivity index (χ4v) is 4.24. The number of imidazole rings is 1. The Morgan fingerprint density at radius 2 is 2.06 bits per heavy atom. The van der Waals surface area contributed by atoms with Crippen molar-refractivity contribution in [3.05, 3.63) is 36.5 Å². The van der Waals surface area contributed by atoms with Gasteiger partial charge in [0.25, 0.3) is 0 Å². The van der Waals surface area contributed by atoms with E-state index in [-0.39, 0.29) is 6.04 Å². The van der Waals surface area contributed by atoms with Crippen LogP contribution in [-0.2, 0) is 4.74 Å². The summed E-state index contributed by atoms with van der Waals surface area (Å²) in [7, 11) is 0. The van der Waals surface area contributed by atoms with E-state index in [1.165, 1.54) is 12.7 Å². The third-order valence-electron chi connectivity index (χ3n) is 5.90. The van der Waals surface area contributed by atoms with E-state index >= 15 is 0 Å². The quantitative estimate of drug-likeness (QED) is 0.426. The summed E-state index contributed by atoms with van der Waals surface area (Å²) in [4.78, 5) is 20.1. The zero-order valence-corrected chi connectivity index (χ0v) is 17.0. The van der Waals surface area contributed by atoms with Crippen LogP contribution in [0.25, 0.3) is 11.2 Å². The molecule has 2 saturated heterocycles. The van der Waals surface area contributed by atoms with E-state index in [0.29, 0.717) is 17.0 Å². The second-order valence-electron chi connectivity index (χ2n) is 7.96. The van der Waals surface area contributed by atoms with Crippen molar-refractivity contribution in [2.45, 2.75) is 43.9 Å². The predicted octanol–water partition coefficient (Wildman–Crippen LogP) is -0.359. The second kappa shape index (κ2) is 8.09. The Labute approximate surface area is 178 Å². The first-order valence-electron chi connectivity index (χ1n) is 10.3. The van der Waals surface area contributed by atoms with Crippen LogP contribution in [-0.4, -0.2) is 83.9 Å². The molecule has 164 valence electrons. The van der Waals surface area contributed by atoms with Crippen LogP contribution in [0.15, 0.2) is 31.0 Å². The Bertz CT molecular complexity index is 1050. The molecule has 0 saturated carbocycles. The normalized spacial score (nSPS) is 28.5. The van der Waals surface area contributed by atoms with Crippen molar-refractivity contribution in [1.82, 2.24) is 29.8 Å². The molecule has 2 aliphatic heterocycles. The molecular formula is C20H25N7O4. The minimum absolute atomic E-state index is 0.146. The Balaban J connectivity index is 1.59. The highest BCUT2D eigenvalue weighted by Crippen LogP contribution is 2.35. The first-order valence-corrected chi connectivity index (χ1v) is 10.3. The van der Waals surface area contributed by atoms with Crippen molar-refractivity contribution in [1.29, 1.82) is 0 Å². The Hall–Kier alpha value is -2.70. The fraction of sp³-hybridized carbons (Fsp3) is 0.500. The van der Waals surface area contributed by atoms with Crippen molar-refractivity contribution >= 4 is 22.8 Å². The highest BCUT2D eigenvalue weighted by Gasteiger charge is 2.44. The largest absolute Gasteiger partial charge is 0.394 e. The smallest absolute Gasteiger partial charge is 0.167 e. The van der Waals surface area contributed by atoms with Crippen LogP contribution in [0.4, 0.5) is 11.6 Å². The molecule has 31 heavy (non-hydrogen) atoms. The van der Waals surface area contributed by atoms with E-state index in [1.807, 2.05) is 25.3 Å². The number of aliphatic hydroxyl groups excluding tert-OH is 3. The molecule has 0 radical (unpaired) electrons. The Morgan fingerprint density at radius 1 is 1.19 bits per heavy atom. The maximum Gasteiger partial charge on any atom is 0.167 e. The maximum atomic E-state index is 10.4. The number of nitrogens with one attached hydrogen (secondary N) is 1. The summed E-state index contributed by atoms with van der Waals surface area (Å²) in [6.45, 7) is 3.28. The molecule has 2 fully saturated rings. The number of anilines is 2. The summed E-state index contributed by atoms with van der Waals surface area (Å²) >= 11 is 0. The Morgan fingerprint density at radius 3 is 2.74 bits per heavy atom. The number of nitrogens with zero attached hydrogens (tertiary/aromatic N) is 6. The van der Waals surface area contributed by atoms with Gasteiger partial charge in [0, 0.05) is 12.7 Å².